The predicted octanol–water partition coefficient (Wildman–Crippen LogP) is 1.82. The van der Waals surface area contributed by atoms with E-state index in [9.17, 15) is 14.4 Å². The van der Waals surface area contributed by atoms with Crippen LogP contribution in [-0.4, -0.2) is 36.2 Å². The molecule has 2 fully saturated rings. The van der Waals surface area contributed by atoms with Crippen LogP contribution in [0.5, 0.6) is 0 Å². The van der Waals surface area contributed by atoms with E-state index < -0.39 is 17.3 Å². The average Bonchev–Trinajstić information content (AvgIpc) is 2.57. The molecule has 0 aromatic heterocycles. The Kier molecular flexibility index (Phi) is 4.67. The van der Waals surface area contributed by atoms with E-state index in [-0.39, 0.29) is 30.3 Å². The summed E-state index contributed by atoms with van der Waals surface area (Å²) in [7, 11) is 1.66. The number of aliphatic hydroxyl groups excluding tert-OH is 1. The summed E-state index contributed by atoms with van der Waals surface area (Å²) in [5.41, 5.74) is 1.10. The van der Waals surface area contributed by atoms with E-state index in [1.807, 2.05) is 0 Å². The van der Waals surface area contributed by atoms with E-state index >= 15 is 0 Å². The largest absolute Gasteiger partial charge is 0.501 e. The highest BCUT2D eigenvalue weighted by molar-refractivity contribution is 6.65. The quantitative estimate of drug-likeness (QED) is 0.617. The van der Waals surface area contributed by atoms with Crippen LogP contribution in [0, 0.1) is 23.7 Å². The molecule has 126 valence electrons. The van der Waals surface area contributed by atoms with Gasteiger partial charge < -0.3 is 9.84 Å². The van der Waals surface area contributed by atoms with Crippen LogP contribution in [0.1, 0.15) is 44.9 Å². The van der Waals surface area contributed by atoms with Crippen molar-refractivity contribution in [3.05, 3.63) is 11.3 Å². The van der Waals surface area contributed by atoms with Crippen molar-refractivity contribution in [3.63, 3.8) is 0 Å². The molecule has 23 heavy (non-hydrogen) atoms. The Morgan fingerprint density at radius 1 is 1.04 bits per heavy atom. The lowest BCUT2D eigenvalue weighted by Gasteiger charge is -2.47. The van der Waals surface area contributed by atoms with E-state index in [1.165, 1.54) is 0 Å². The summed E-state index contributed by atoms with van der Waals surface area (Å²) in [6, 6.07) is 0. The van der Waals surface area contributed by atoms with Gasteiger partial charge in [-0.2, -0.15) is 0 Å². The molecular formula is C18H24O5. The number of carbonyl (C=O) groups excluding carboxylic acids is 3. The van der Waals surface area contributed by atoms with Gasteiger partial charge in [-0.3, -0.25) is 14.4 Å². The molecule has 3 rings (SSSR count). The third-order valence-corrected chi connectivity index (χ3v) is 5.80. The highest BCUT2D eigenvalue weighted by Gasteiger charge is 2.55. The van der Waals surface area contributed by atoms with Gasteiger partial charge in [0.2, 0.25) is 11.6 Å². The number of unbranched alkanes of at least 4 members (excludes halogenated alkanes) is 1. The maximum absolute atomic E-state index is 12.4. The smallest absolute Gasteiger partial charge is 0.264 e. The Labute approximate surface area is 136 Å². The minimum Gasteiger partial charge on any atom is -0.501 e. The van der Waals surface area contributed by atoms with Crippen molar-refractivity contribution in [2.75, 3.05) is 13.7 Å². The zero-order valence-corrected chi connectivity index (χ0v) is 13.5. The molecule has 0 heterocycles. The average molecular weight is 320 g/mol. The predicted molar refractivity (Wildman–Crippen MR) is 82.4 cm³/mol. The lowest BCUT2D eigenvalue weighted by molar-refractivity contribution is -0.156. The first kappa shape index (κ1) is 16.4. The van der Waals surface area contributed by atoms with E-state index in [1.54, 1.807) is 7.11 Å². The molecule has 0 saturated heterocycles. The Morgan fingerprint density at radius 3 is 2.43 bits per heavy atom. The number of aliphatic hydroxyl groups is 1. The first-order valence-electron chi connectivity index (χ1n) is 8.59. The molecule has 3 aliphatic rings. The number of hydrogen-bond acceptors (Lipinski definition) is 5. The van der Waals surface area contributed by atoms with Gasteiger partial charge in [-0.1, -0.05) is 6.42 Å². The van der Waals surface area contributed by atoms with Crippen molar-refractivity contribution in [3.8, 4) is 0 Å². The molecule has 5 heteroatoms. The van der Waals surface area contributed by atoms with Crippen LogP contribution in [0.25, 0.3) is 0 Å². The van der Waals surface area contributed by atoms with Crippen molar-refractivity contribution in [2.24, 2.45) is 23.7 Å². The summed E-state index contributed by atoms with van der Waals surface area (Å²) < 4.78 is 5.68. The van der Waals surface area contributed by atoms with Crippen LogP contribution in [0.4, 0.5) is 0 Å². The van der Waals surface area contributed by atoms with Gasteiger partial charge in [0.25, 0.3) is 5.78 Å². The Balaban J connectivity index is 1.95. The van der Waals surface area contributed by atoms with Crippen molar-refractivity contribution >= 4 is 17.3 Å². The fraction of sp³-hybridized carbons (Fsp3) is 0.722. The molecule has 0 aromatic rings. The van der Waals surface area contributed by atoms with Gasteiger partial charge in [-0.05, 0) is 50.0 Å². The van der Waals surface area contributed by atoms with Crippen molar-refractivity contribution in [1.29, 1.82) is 0 Å². The maximum Gasteiger partial charge on any atom is 0.264 e. The number of methoxy groups -OCH3 is 1. The number of rotatable bonds is 5. The highest BCUT2D eigenvalue weighted by atomic mass is 16.5. The van der Waals surface area contributed by atoms with Crippen LogP contribution >= 0.6 is 0 Å². The van der Waals surface area contributed by atoms with E-state index in [0.29, 0.717) is 19.3 Å². The monoisotopic (exact) mass is 320 g/mol. The molecule has 0 amide bonds. The fourth-order valence-electron chi connectivity index (χ4n) is 4.86. The first-order chi connectivity index (χ1) is 11.1. The summed E-state index contributed by atoms with van der Waals surface area (Å²) in [4.78, 5) is 36.7. The van der Waals surface area contributed by atoms with E-state index in [0.717, 1.165) is 37.0 Å². The van der Waals surface area contributed by atoms with Gasteiger partial charge in [-0.15, -0.1) is 0 Å². The highest BCUT2D eigenvalue weighted by Crippen LogP contribution is 2.52. The summed E-state index contributed by atoms with van der Waals surface area (Å²) in [5.74, 6) is -1.43. The normalized spacial score (nSPS) is 33.7. The second-order valence-corrected chi connectivity index (χ2v) is 6.94. The van der Waals surface area contributed by atoms with Gasteiger partial charge in [0.05, 0.1) is 12.9 Å². The topological polar surface area (TPSA) is 80.7 Å². The van der Waals surface area contributed by atoms with Gasteiger partial charge >= 0.3 is 0 Å². The SMILES string of the molecule is COC1=C(CCCCO)CC2C(=O)C(=O)C(=O)C3CCCC1C32. The maximum atomic E-state index is 12.4. The Morgan fingerprint density at radius 2 is 1.74 bits per heavy atom. The number of Topliss-reactive ketones (excluding diaryl/α,β-unsaturated/α-hetero) is 3. The number of ketones is 3. The van der Waals surface area contributed by atoms with Gasteiger partial charge in [-0.25, -0.2) is 0 Å². The molecular weight excluding hydrogens is 296 g/mol. The summed E-state index contributed by atoms with van der Waals surface area (Å²) in [6.45, 7) is 0.152. The Bertz CT molecular complexity index is 562. The van der Waals surface area contributed by atoms with Gasteiger partial charge in [0.1, 0.15) is 0 Å². The molecule has 0 bridgehead atoms. The van der Waals surface area contributed by atoms with Crippen molar-refractivity contribution in [1.82, 2.24) is 0 Å². The van der Waals surface area contributed by atoms with Crippen LogP contribution in [-0.2, 0) is 19.1 Å². The van der Waals surface area contributed by atoms with Crippen LogP contribution < -0.4 is 0 Å². The lowest BCUT2D eigenvalue weighted by atomic mass is 9.55. The second-order valence-electron chi connectivity index (χ2n) is 6.94. The van der Waals surface area contributed by atoms with Crippen molar-refractivity contribution in [2.45, 2.75) is 44.9 Å². The fourth-order valence-corrected chi connectivity index (χ4v) is 4.86. The summed E-state index contributed by atoms with van der Waals surface area (Å²) >= 11 is 0. The van der Waals surface area contributed by atoms with E-state index in [4.69, 9.17) is 9.84 Å². The molecule has 0 aromatic carbocycles. The van der Waals surface area contributed by atoms with Gasteiger partial charge in [0, 0.05) is 24.4 Å². The molecule has 4 atom stereocenters. The zero-order valence-electron chi connectivity index (χ0n) is 13.5. The minimum absolute atomic E-state index is 0.0574. The minimum atomic E-state index is -0.785. The summed E-state index contributed by atoms with van der Waals surface area (Å²) in [6.07, 6.45) is 5.39. The summed E-state index contributed by atoms with van der Waals surface area (Å²) in [5, 5.41) is 8.97. The lowest BCUT2D eigenvalue weighted by Crippen LogP contribution is -2.54. The molecule has 3 aliphatic carbocycles. The number of allylic oxidation sites excluding steroid dienone is 2. The number of carbonyl (C=O) groups is 3. The molecule has 1 N–H and O–H groups in total. The van der Waals surface area contributed by atoms with Crippen molar-refractivity contribution < 1.29 is 24.2 Å². The number of hydrogen-bond donors (Lipinski definition) is 1. The van der Waals surface area contributed by atoms with Gasteiger partial charge in [0.15, 0.2) is 0 Å². The molecule has 2 saturated carbocycles. The van der Waals surface area contributed by atoms with E-state index in [2.05, 4.69) is 0 Å². The third kappa shape index (κ3) is 2.65. The molecule has 5 nitrogen and oxygen atoms in total. The first-order valence-corrected chi connectivity index (χ1v) is 8.59. The molecule has 4 unspecified atom stereocenters. The second kappa shape index (κ2) is 6.56. The zero-order chi connectivity index (χ0) is 16.6. The Hall–Kier alpha value is -1.49. The van der Waals surface area contributed by atoms with Crippen LogP contribution in [0.15, 0.2) is 11.3 Å². The molecule has 0 radical (unpaired) electrons. The molecule has 0 aliphatic heterocycles. The molecule has 0 spiro atoms. The van der Waals surface area contributed by atoms with Crippen LogP contribution in [0.3, 0.4) is 0 Å². The number of ether oxygens (including phenoxy) is 1. The third-order valence-electron chi connectivity index (χ3n) is 5.80. The van der Waals surface area contributed by atoms with Crippen LogP contribution in [0.2, 0.25) is 0 Å². The standard InChI is InChI=1S/C18H24O5/c1-23-18-10(5-2-3-8-19)9-13-14-11(6-4-7-12(14)18)15(20)17(22)16(13)21/h11-14,19H,2-9H2,1H3.